The molecular weight excluding hydrogens is 322 g/mol. The number of carbonyl (C=O) groups is 1. The van der Waals surface area contributed by atoms with Crippen LogP contribution in [0.1, 0.15) is 34.4 Å². The minimum Gasteiger partial charge on any atom is -0.441 e. The Bertz CT molecular complexity index is 889. The Hall–Kier alpha value is -2.74. The lowest BCUT2D eigenvalue weighted by Crippen LogP contribution is -2.36. The maximum atomic E-state index is 12.7. The molecule has 0 unspecified atom stereocenters. The summed E-state index contributed by atoms with van der Waals surface area (Å²) in [6.45, 7) is 2.92. The van der Waals surface area contributed by atoms with Gasteiger partial charge in [-0.1, -0.05) is 0 Å². The highest BCUT2D eigenvalue weighted by atomic mass is 16.5. The largest absolute Gasteiger partial charge is 0.441 e. The zero-order valence-electron chi connectivity index (χ0n) is 14.1. The summed E-state index contributed by atoms with van der Waals surface area (Å²) in [6, 6.07) is 5.31. The Morgan fingerprint density at radius 3 is 3.12 bits per heavy atom. The van der Waals surface area contributed by atoms with E-state index in [9.17, 15) is 4.79 Å². The standard InChI is InChI=1S/C17H19N5O3/c1-10-20-13-4-3-11(7-14(13)25-10)17(23)22(2)8-15-12(5-6-24-15)16-18-9-19-21-16/h3-4,7,9,12,15H,5-6,8H2,1-2H3,(H,18,19,21)/t12-,15-/m1/s1. The molecule has 0 saturated carbocycles. The smallest absolute Gasteiger partial charge is 0.253 e. The molecule has 25 heavy (non-hydrogen) atoms. The van der Waals surface area contributed by atoms with E-state index in [4.69, 9.17) is 9.15 Å². The topological polar surface area (TPSA) is 97.1 Å². The van der Waals surface area contributed by atoms with Crippen LogP contribution in [0.25, 0.3) is 11.1 Å². The van der Waals surface area contributed by atoms with Crippen LogP contribution in [0.15, 0.2) is 28.9 Å². The van der Waals surface area contributed by atoms with Crippen LogP contribution in [0, 0.1) is 6.92 Å². The second kappa shape index (κ2) is 6.29. The number of rotatable bonds is 4. The van der Waals surface area contributed by atoms with Crippen LogP contribution in [0.2, 0.25) is 0 Å². The van der Waals surface area contributed by atoms with E-state index in [0.29, 0.717) is 30.2 Å². The van der Waals surface area contributed by atoms with Crippen LogP contribution in [0.5, 0.6) is 0 Å². The summed E-state index contributed by atoms with van der Waals surface area (Å²) in [6.07, 6.45) is 2.26. The number of ether oxygens (including phenoxy) is 1. The number of hydrogen-bond acceptors (Lipinski definition) is 6. The first-order valence-corrected chi connectivity index (χ1v) is 8.21. The van der Waals surface area contributed by atoms with Crippen molar-refractivity contribution in [2.45, 2.75) is 25.4 Å². The first-order chi connectivity index (χ1) is 12.1. The van der Waals surface area contributed by atoms with Gasteiger partial charge in [0.05, 0.1) is 6.10 Å². The number of aryl methyl sites for hydroxylation is 1. The molecule has 0 bridgehead atoms. The zero-order valence-corrected chi connectivity index (χ0v) is 14.1. The van der Waals surface area contributed by atoms with Gasteiger partial charge in [0.1, 0.15) is 17.7 Å². The minimum absolute atomic E-state index is 0.0808. The lowest BCUT2D eigenvalue weighted by atomic mass is 10.0. The molecule has 8 nitrogen and oxygen atoms in total. The Balaban J connectivity index is 1.49. The number of hydrogen-bond donors (Lipinski definition) is 1. The van der Waals surface area contributed by atoms with Gasteiger partial charge in [-0.25, -0.2) is 9.97 Å². The average Bonchev–Trinajstić information content (AvgIpc) is 3.32. The van der Waals surface area contributed by atoms with E-state index in [1.807, 2.05) is 0 Å². The van der Waals surface area contributed by atoms with Crippen molar-refractivity contribution in [3.05, 3.63) is 41.8 Å². The molecule has 1 fully saturated rings. The molecule has 8 heteroatoms. The van der Waals surface area contributed by atoms with E-state index in [2.05, 4.69) is 20.2 Å². The van der Waals surface area contributed by atoms with Crippen LogP contribution < -0.4 is 0 Å². The van der Waals surface area contributed by atoms with E-state index >= 15 is 0 Å². The number of benzene rings is 1. The molecule has 0 spiro atoms. The maximum Gasteiger partial charge on any atom is 0.253 e. The maximum absolute atomic E-state index is 12.7. The SMILES string of the molecule is Cc1nc2ccc(C(=O)N(C)C[C@H]3OCC[C@H]3c3ncn[nH]3)cc2o1. The third-order valence-corrected chi connectivity index (χ3v) is 4.54. The second-order valence-electron chi connectivity index (χ2n) is 6.28. The molecular formula is C17H19N5O3. The van der Waals surface area contributed by atoms with Gasteiger partial charge in [0, 0.05) is 38.6 Å². The predicted octanol–water partition coefficient (Wildman–Crippen LogP) is 1.90. The summed E-state index contributed by atoms with van der Waals surface area (Å²) in [4.78, 5) is 22.9. The summed E-state index contributed by atoms with van der Waals surface area (Å²) in [5.41, 5.74) is 1.94. The number of H-pyrrole nitrogens is 1. The summed E-state index contributed by atoms with van der Waals surface area (Å²) in [5.74, 6) is 1.43. The van der Waals surface area contributed by atoms with E-state index in [-0.39, 0.29) is 17.9 Å². The highest BCUT2D eigenvalue weighted by molar-refractivity contribution is 5.96. The summed E-state index contributed by atoms with van der Waals surface area (Å²) in [7, 11) is 1.78. The van der Waals surface area contributed by atoms with Crippen molar-refractivity contribution in [3.63, 3.8) is 0 Å². The Morgan fingerprint density at radius 2 is 2.32 bits per heavy atom. The molecule has 1 amide bonds. The number of likely N-dealkylation sites (N-methyl/N-ethyl adjacent to an activating group) is 1. The fourth-order valence-corrected chi connectivity index (χ4v) is 3.28. The van der Waals surface area contributed by atoms with Gasteiger partial charge < -0.3 is 14.1 Å². The molecule has 2 aromatic heterocycles. The molecule has 0 aliphatic carbocycles. The molecule has 3 heterocycles. The highest BCUT2D eigenvalue weighted by Gasteiger charge is 2.33. The fourth-order valence-electron chi connectivity index (χ4n) is 3.28. The lowest BCUT2D eigenvalue weighted by molar-refractivity contribution is 0.0550. The quantitative estimate of drug-likeness (QED) is 0.778. The van der Waals surface area contributed by atoms with Crippen molar-refractivity contribution < 1.29 is 13.9 Å². The number of aromatic amines is 1. The molecule has 1 aliphatic heterocycles. The molecule has 0 radical (unpaired) electrons. The number of oxazole rings is 1. The van der Waals surface area contributed by atoms with Gasteiger partial charge in [-0.15, -0.1) is 0 Å². The van der Waals surface area contributed by atoms with Gasteiger partial charge >= 0.3 is 0 Å². The molecule has 130 valence electrons. The monoisotopic (exact) mass is 341 g/mol. The number of nitrogens with one attached hydrogen (secondary N) is 1. The van der Waals surface area contributed by atoms with Crippen LogP contribution in [0.3, 0.4) is 0 Å². The van der Waals surface area contributed by atoms with Gasteiger partial charge in [0.25, 0.3) is 5.91 Å². The fraction of sp³-hybridized carbons (Fsp3) is 0.412. The molecule has 1 saturated heterocycles. The van der Waals surface area contributed by atoms with Crippen molar-refractivity contribution in [2.24, 2.45) is 0 Å². The van der Waals surface area contributed by atoms with Crippen LogP contribution in [0.4, 0.5) is 0 Å². The minimum atomic E-state index is -0.0989. The third-order valence-electron chi connectivity index (χ3n) is 4.54. The molecule has 3 aromatic rings. The summed E-state index contributed by atoms with van der Waals surface area (Å²) in [5, 5.41) is 6.81. The number of fused-ring (bicyclic) bond motifs is 1. The Labute approximate surface area is 144 Å². The summed E-state index contributed by atoms with van der Waals surface area (Å²) < 4.78 is 11.3. The Morgan fingerprint density at radius 1 is 1.44 bits per heavy atom. The van der Waals surface area contributed by atoms with Crippen molar-refractivity contribution in [2.75, 3.05) is 20.2 Å². The van der Waals surface area contributed by atoms with Gasteiger partial charge in [-0.2, -0.15) is 5.10 Å². The van der Waals surface area contributed by atoms with Crippen molar-refractivity contribution in [1.82, 2.24) is 25.1 Å². The second-order valence-corrected chi connectivity index (χ2v) is 6.28. The van der Waals surface area contributed by atoms with E-state index in [1.165, 1.54) is 6.33 Å². The van der Waals surface area contributed by atoms with Crippen molar-refractivity contribution in [3.8, 4) is 0 Å². The van der Waals surface area contributed by atoms with E-state index in [1.54, 1.807) is 37.1 Å². The van der Waals surface area contributed by atoms with Crippen LogP contribution >= 0.6 is 0 Å². The lowest BCUT2D eigenvalue weighted by Gasteiger charge is -2.24. The zero-order chi connectivity index (χ0) is 17.4. The molecule has 1 aromatic carbocycles. The number of amides is 1. The average molecular weight is 341 g/mol. The molecule has 1 N–H and O–H groups in total. The van der Waals surface area contributed by atoms with E-state index < -0.39 is 0 Å². The number of carbonyl (C=O) groups excluding carboxylic acids is 1. The van der Waals surface area contributed by atoms with Crippen molar-refractivity contribution in [1.29, 1.82) is 0 Å². The van der Waals surface area contributed by atoms with Crippen molar-refractivity contribution >= 4 is 17.0 Å². The normalized spacial score (nSPS) is 20.2. The Kier molecular flexibility index (Phi) is 3.96. The van der Waals surface area contributed by atoms with Crippen LogP contribution in [-0.2, 0) is 4.74 Å². The van der Waals surface area contributed by atoms with Gasteiger partial charge in [-0.3, -0.25) is 9.89 Å². The van der Waals surface area contributed by atoms with Gasteiger partial charge in [0.15, 0.2) is 11.5 Å². The van der Waals surface area contributed by atoms with Gasteiger partial charge in [-0.05, 0) is 24.6 Å². The molecule has 1 aliphatic rings. The predicted molar refractivity (Wildman–Crippen MR) is 89.2 cm³/mol. The van der Waals surface area contributed by atoms with Gasteiger partial charge in [0.2, 0.25) is 0 Å². The first-order valence-electron chi connectivity index (χ1n) is 8.21. The summed E-state index contributed by atoms with van der Waals surface area (Å²) >= 11 is 0. The number of aromatic nitrogens is 4. The van der Waals surface area contributed by atoms with E-state index in [0.717, 1.165) is 17.8 Å². The number of nitrogens with zero attached hydrogens (tertiary/aromatic N) is 4. The molecule has 4 rings (SSSR count). The highest BCUT2D eigenvalue weighted by Crippen LogP contribution is 2.29. The molecule has 2 atom stereocenters. The van der Waals surface area contributed by atoms with Crippen LogP contribution in [-0.4, -0.2) is 57.3 Å². The first kappa shape index (κ1) is 15.8. The third kappa shape index (κ3) is 3.00.